The van der Waals surface area contributed by atoms with Crippen molar-refractivity contribution in [1.82, 2.24) is 25.5 Å². The molecule has 0 aliphatic heterocycles. The van der Waals surface area contributed by atoms with Crippen LogP contribution in [0.4, 0.5) is 0 Å². The molecule has 0 spiro atoms. The fraction of sp³-hybridized carbons (Fsp3) is 0.375. The number of hydrogen-bond donors (Lipinski definition) is 3. The second kappa shape index (κ2) is 5.00. The van der Waals surface area contributed by atoms with Crippen LogP contribution in [0.3, 0.4) is 0 Å². The van der Waals surface area contributed by atoms with Crippen LogP contribution >= 0.6 is 0 Å². The summed E-state index contributed by atoms with van der Waals surface area (Å²) in [6, 6.07) is 9.09. The Morgan fingerprint density at radius 1 is 1.33 bits per heavy atom. The molecule has 3 N–H and O–H groups in total. The van der Waals surface area contributed by atoms with Gasteiger partial charge in [-0.2, -0.15) is 5.10 Å². The van der Waals surface area contributed by atoms with Crippen molar-refractivity contribution in [3.63, 3.8) is 0 Å². The second-order valence-electron chi connectivity index (χ2n) is 5.77. The molecular formula is C16H19N5. The summed E-state index contributed by atoms with van der Waals surface area (Å²) in [5.74, 6) is 0.887. The Balaban J connectivity index is 1.67. The van der Waals surface area contributed by atoms with Crippen molar-refractivity contribution in [3.8, 4) is 0 Å². The molecule has 2 heterocycles. The van der Waals surface area contributed by atoms with Crippen LogP contribution in [-0.4, -0.2) is 20.2 Å². The average Bonchev–Trinajstić information content (AvgIpc) is 3.15. The van der Waals surface area contributed by atoms with E-state index in [-0.39, 0.29) is 6.04 Å². The van der Waals surface area contributed by atoms with Crippen LogP contribution in [0.5, 0.6) is 0 Å². The molecule has 2 atom stereocenters. The van der Waals surface area contributed by atoms with Crippen LogP contribution in [0.25, 0.3) is 10.9 Å². The lowest BCUT2D eigenvalue weighted by molar-refractivity contribution is 0.401. The monoisotopic (exact) mass is 281 g/mol. The summed E-state index contributed by atoms with van der Waals surface area (Å²) in [7, 11) is 0. The SMILES string of the molecule is CC(NC1CCCc2c1[nH]c1ccccc21)c1ncn[nH]1. The average molecular weight is 281 g/mol. The quantitative estimate of drug-likeness (QED) is 0.691. The number of aromatic amines is 2. The lowest BCUT2D eigenvalue weighted by atomic mass is 9.91. The second-order valence-corrected chi connectivity index (χ2v) is 5.77. The number of aryl methyl sites for hydroxylation is 1. The number of nitrogens with zero attached hydrogens (tertiary/aromatic N) is 2. The third kappa shape index (κ3) is 2.14. The number of aromatic nitrogens is 4. The zero-order valence-electron chi connectivity index (χ0n) is 12.1. The lowest BCUT2D eigenvalue weighted by Crippen LogP contribution is -2.28. The van der Waals surface area contributed by atoms with Crippen molar-refractivity contribution in [2.75, 3.05) is 0 Å². The number of H-pyrrole nitrogens is 2. The van der Waals surface area contributed by atoms with Crippen molar-refractivity contribution < 1.29 is 0 Å². The molecule has 4 rings (SSSR count). The zero-order valence-corrected chi connectivity index (χ0v) is 12.1. The van der Waals surface area contributed by atoms with Gasteiger partial charge in [0.25, 0.3) is 0 Å². The summed E-state index contributed by atoms with van der Waals surface area (Å²) in [6.07, 6.45) is 5.09. The Morgan fingerprint density at radius 2 is 2.24 bits per heavy atom. The van der Waals surface area contributed by atoms with Crippen molar-refractivity contribution in [2.45, 2.75) is 38.3 Å². The van der Waals surface area contributed by atoms with Crippen LogP contribution < -0.4 is 5.32 Å². The van der Waals surface area contributed by atoms with Crippen molar-refractivity contribution >= 4 is 10.9 Å². The highest BCUT2D eigenvalue weighted by Gasteiger charge is 2.25. The summed E-state index contributed by atoms with van der Waals surface area (Å²) in [5.41, 5.74) is 4.05. The number of fused-ring (bicyclic) bond motifs is 3. The first-order chi connectivity index (χ1) is 10.3. The van der Waals surface area contributed by atoms with Gasteiger partial charge in [-0.25, -0.2) is 4.98 Å². The number of hydrogen-bond acceptors (Lipinski definition) is 3. The van der Waals surface area contributed by atoms with Crippen molar-refractivity contribution in [3.05, 3.63) is 47.7 Å². The van der Waals surface area contributed by atoms with Crippen LogP contribution in [0.1, 0.15) is 48.9 Å². The molecule has 1 aliphatic rings. The van der Waals surface area contributed by atoms with E-state index in [4.69, 9.17) is 0 Å². The Bertz CT molecular complexity index is 743. The minimum absolute atomic E-state index is 0.162. The standard InChI is InChI=1S/C16H19N5/c1-10(16-17-9-18-21-16)19-14-8-4-6-12-11-5-2-3-7-13(11)20-15(12)14/h2-3,5,7,9-10,14,19-20H,4,6,8H2,1H3,(H,17,18,21). The maximum atomic E-state index is 4.24. The third-order valence-electron chi connectivity index (χ3n) is 4.41. The van der Waals surface area contributed by atoms with Crippen LogP contribution in [0.15, 0.2) is 30.6 Å². The smallest absolute Gasteiger partial charge is 0.141 e. The molecule has 0 radical (unpaired) electrons. The van der Waals surface area contributed by atoms with Gasteiger partial charge in [0.2, 0.25) is 0 Å². The van der Waals surface area contributed by atoms with E-state index < -0.39 is 0 Å². The lowest BCUT2D eigenvalue weighted by Gasteiger charge is -2.26. The first-order valence-electron chi connectivity index (χ1n) is 7.53. The van der Waals surface area contributed by atoms with Crippen molar-refractivity contribution in [1.29, 1.82) is 0 Å². The van der Waals surface area contributed by atoms with E-state index in [0.29, 0.717) is 6.04 Å². The molecule has 5 heteroatoms. The van der Waals surface area contributed by atoms with Gasteiger partial charge < -0.3 is 4.98 Å². The van der Waals surface area contributed by atoms with Gasteiger partial charge in [0, 0.05) is 22.6 Å². The van der Waals surface area contributed by atoms with Crippen LogP contribution in [-0.2, 0) is 6.42 Å². The molecule has 0 amide bonds. The predicted molar refractivity (Wildman–Crippen MR) is 81.9 cm³/mol. The van der Waals surface area contributed by atoms with E-state index in [1.165, 1.54) is 28.6 Å². The molecule has 0 saturated heterocycles. The van der Waals surface area contributed by atoms with Crippen LogP contribution in [0, 0.1) is 0 Å². The maximum Gasteiger partial charge on any atom is 0.141 e. The zero-order chi connectivity index (χ0) is 14.2. The van der Waals surface area contributed by atoms with E-state index in [2.05, 4.69) is 56.7 Å². The summed E-state index contributed by atoms with van der Waals surface area (Å²) >= 11 is 0. The molecule has 0 saturated carbocycles. The van der Waals surface area contributed by atoms with E-state index in [0.717, 1.165) is 18.7 Å². The first kappa shape index (κ1) is 12.6. The minimum atomic E-state index is 0.162. The van der Waals surface area contributed by atoms with Gasteiger partial charge in [0.15, 0.2) is 0 Å². The topological polar surface area (TPSA) is 69.4 Å². The Hall–Kier alpha value is -2.14. The van der Waals surface area contributed by atoms with Gasteiger partial charge in [-0.1, -0.05) is 18.2 Å². The van der Waals surface area contributed by atoms with Crippen molar-refractivity contribution in [2.24, 2.45) is 0 Å². The number of benzene rings is 1. The largest absolute Gasteiger partial charge is 0.357 e. The first-order valence-corrected chi connectivity index (χ1v) is 7.53. The minimum Gasteiger partial charge on any atom is -0.357 e. The Morgan fingerprint density at radius 3 is 3.10 bits per heavy atom. The highest BCUT2D eigenvalue weighted by molar-refractivity contribution is 5.85. The molecular weight excluding hydrogens is 262 g/mol. The fourth-order valence-electron chi connectivity index (χ4n) is 3.39. The van der Waals surface area contributed by atoms with Gasteiger partial charge in [0.05, 0.1) is 6.04 Å². The van der Waals surface area contributed by atoms with E-state index >= 15 is 0 Å². The summed E-state index contributed by atoms with van der Waals surface area (Å²) < 4.78 is 0. The highest BCUT2D eigenvalue weighted by atomic mass is 15.2. The number of rotatable bonds is 3. The highest BCUT2D eigenvalue weighted by Crippen LogP contribution is 2.35. The maximum absolute atomic E-state index is 4.24. The summed E-state index contributed by atoms with van der Waals surface area (Å²) in [4.78, 5) is 7.85. The van der Waals surface area contributed by atoms with E-state index in [1.807, 2.05) is 0 Å². The molecule has 2 aromatic heterocycles. The van der Waals surface area contributed by atoms with E-state index in [9.17, 15) is 0 Å². The van der Waals surface area contributed by atoms with Gasteiger partial charge >= 0.3 is 0 Å². The molecule has 2 unspecified atom stereocenters. The Labute approximate surface area is 123 Å². The molecule has 1 aromatic carbocycles. The normalized spacial score (nSPS) is 19.6. The summed E-state index contributed by atoms with van der Waals surface area (Å²) in [6.45, 7) is 2.12. The molecule has 108 valence electrons. The van der Waals surface area contributed by atoms with Gasteiger partial charge in [-0.05, 0) is 37.8 Å². The van der Waals surface area contributed by atoms with Gasteiger partial charge in [-0.3, -0.25) is 10.4 Å². The number of nitrogens with one attached hydrogen (secondary N) is 3. The molecule has 0 bridgehead atoms. The summed E-state index contributed by atoms with van der Waals surface area (Å²) in [5, 5.41) is 11.9. The van der Waals surface area contributed by atoms with Gasteiger partial charge in [0.1, 0.15) is 12.2 Å². The molecule has 3 aromatic rings. The molecule has 21 heavy (non-hydrogen) atoms. The molecule has 1 aliphatic carbocycles. The molecule has 0 fully saturated rings. The molecule has 5 nitrogen and oxygen atoms in total. The van der Waals surface area contributed by atoms with E-state index in [1.54, 1.807) is 6.33 Å². The third-order valence-corrected chi connectivity index (χ3v) is 4.41. The predicted octanol–water partition coefficient (Wildman–Crippen LogP) is 3.01. The van der Waals surface area contributed by atoms with Gasteiger partial charge in [-0.15, -0.1) is 0 Å². The number of para-hydroxylation sites is 1. The Kier molecular flexibility index (Phi) is 3.00. The van der Waals surface area contributed by atoms with Crippen LogP contribution in [0.2, 0.25) is 0 Å². The fourth-order valence-corrected chi connectivity index (χ4v) is 3.39.